The first-order chi connectivity index (χ1) is 7.17. The minimum Gasteiger partial charge on any atom is -0.382 e. The Balaban J connectivity index is 2.73. The second-order valence-corrected chi connectivity index (χ2v) is 4.43. The third-order valence-electron chi connectivity index (χ3n) is 2.53. The monoisotopic (exact) mass is 246 g/mol. The number of benzene rings is 1. The Labute approximate surface area is 101 Å². The maximum Gasteiger partial charge on any atom is 0.0549 e. The molecular formula is C12H16Cl2O. The van der Waals surface area contributed by atoms with Crippen molar-refractivity contribution < 1.29 is 4.74 Å². The largest absolute Gasteiger partial charge is 0.382 e. The van der Waals surface area contributed by atoms with Gasteiger partial charge in [0.05, 0.1) is 6.10 Å². The van der Waals surface area contributed by atoms with Crippen molar-refractivity contribution in [3.63, 3.8) is 0 Å². The molecule has 0 spiro atoms. The zero-order chi connectivity index (χ0) is 11.3. The average Bonchev–Trinajstić information content (AvgIpc) is 2.25. The van der Waals surface area contributed by atoms with E-state index in [1.807, 2.05) is 25.1 Å². The van der Waals surface area contributed by atoms with Gasteiger partial charge in [-0.1, -0.05) is 23.7 Å². The second kappa shape index (κ2) is 6.37. The van der Waals surface area contributed by atoms with E-state index in [9.17, 15) is 0 Å². The lowest BCUT2D eigenvalue weighted by Gasteiger charge is -2.18. The Morgan fingerprint density at radius 2 is 2.13 bits per heavy atom. The fourth-order valence-corrected chi connectivity index (χ4v) is 2.05. The van der Waals surface area contributed by atoms with E-state index >= 15 is 0 Å². The molecule has 0 radical (unpaired) electrons. The van der Waals surface area contributed by atoms with Gasteiger partial charge in [0, 0.05) is 18.0 Å². The molecule has 1 aromatic rings. The molecule has 0 saturated heterocycles. The topological polar surface area (TPSA) is 9.23 Å². The number of hydrogen-bond donors (Lipinski definition) is 0. The van der Waals surface area contributed by atoms with E-state index in [0.29, 0.717) is 11.8 Å². The van der Waals surface area contributed by atoms with Crippen LogP contribution in [0, 0.1) is 0 Å². The summed E-state index contributed by atoms with van der Waals surface area (Å²) in [6.45, 7) is 2.05. The predicted octanol–water partition coefficient (Wildman–Crippen LogP) is 4.09. The van der Waals surface area contributed by atoms with Gasteiger partial charge < -0.3 is 4.74 Å². The predicted molar refractivity (Wildman–Crippen MR) is 66.0 cm³/mol. The van der Waals surface area contributed by atoms with Crippen molar-refractivity contribution in [2.75, 3.05) is 13.0 Å². The Morgan fingerprint density at radius 1 is 1.40 bits per heavy atom. The van der Waals surface area contributed by atoms with Gasteiger partial charge in [0.25, 0.3) is 0 Å². The van der Waals surface area contributed by atoms with Gasteiger partial charge in [0.2, 0.25) is 0 Å². The molecule has 0 aliphatic carbocycles. The summed E-state index contributed by atoms with van der Waals surface area (Å²) < 4.78 is 5.24. The summed E-state index contributed by atoms with van der Waals surface area (Å²) in [5, 5.41) is 0.757. The van der Waals surface area contributed by atoms with Crippen LogP contribution in [0.25, 0.3) is 0 Å². The molecule has 3 heteroatoms. The fraction of sp³-hybridized carbons (Fsp3) is 0.500. The molecule has 0 saturated carbocycles. The molecule has 1 aromatic carbocycles. The molecule has 1 nitrogen and oxygen atoms in total. The van der Waals surface area contributed by atoms with E-state index in [-0.39, 0.29) is 6.10 Å². The summed E-state index contributed by atoms with van der Waals surface area (Å²) >= 11 is 11.9. The molecule has 1 rings (SSSR count). The molecule has 0 bridgehead atoms. The van der Waals surface area contributed by atoms with Crippen molar-refractivity contribution in [3.05, 3.63) is 34.9 Å². The van der Waals surface area contributed by atoms with Gasteiger partial charge in [-0.05, 0) is 37.0 Å². The first-order valence-electron chi connectivity index (χ1n) is 5.01. The first-order valence-corrected chi connectivity index (χ1v) is 5.92. The van der Waals surface area contributed by atoms with Crippen LogP contribution in [-0.2, 0) is 4.74 Å². The van der Waals surface area contributed by atoms with Crippen LogP contribution >= 0.6 is 23.2 Å². The average molecular weight is 247 g/mol. The van der Waals surface area contributed by atoms with E-state index in [1.54, 1.807) is 7.11 Å². The normalized spacial score (nSPS) is 14.9. The van der Waals surface area contributed by atoms with E-state index in [2.05, 4.69) is 6.07 Å². The SMILES string of the molecule is COC(C)CC(CCl)c1cccc(Cl)c1. The number of hydrogen-bond acceptors (Lipinski definition) is 1. The Kier molecular flexibility index (Phi) is 5.44. The molecule has 0 aliphatic rings. The Hall–Kier alpha value is -0.240. The lowest BCUT2D eigenvalue weighted by molar-refractivity contribution is 0.106. The summed E-state index contributed by atoms with van der Waals surface area (Å²) in [5.41, 5.74) is 1.18. The van der Waals surface area contributed by atoms with Crippen LogP contribution in [0.4, 0.5) is 0 Å². The van der Waals surface area contributed by atoms with Crippen LogP contribution in [-0.4, -0.2) is 19.1 Å². The zero-order valence-corrected chi connectivity index (χ0v) is 10.6. The van der Waals surface area contributed by atoms with Gasteiger partial charge >= 0.3 is 0 Å². The minimum atomic E-state index is 0.215. The number of ether oxygens (including phenoxy) is 1. The molecule has 84 valence electrons. The van der Waals surface area contributed by atoms with Crippen LogP contribution < -0.4 is 0 Å². The van der Waals surface area contributed by atoms with Gasteiger partial charge in [0.15, 0.2) is 0 Å². The van der Waals surface area contributed by atoms with Crippen molar-refractivity contribution in [1.29, 1.82) is 0 Å². The minimum absolute atomic E-state index is 0.215. The standard InChI is InChI=1S/C12H16Cl2O/c1-9(15-2)6-11(8-13)10-4-3-5-12(14)7-10/h3-5,7,9,11H,6,8H2,1-2H3. The van der Waals surface area contributed by atoms with Gasteiger partial charge in [0.1, 0.15) is 0 Å². The molecule has 0 aliphatic heterocycles. The van der Waals surface area contributed by atoms with Gasteiger partial charge in [-0.2, -0.15) is 0 Å². The molecule has 0 amide bonds. The molecule has 0 heterocycles. The van der Waals surface area contributed by atoms with E-state index in [4.69, 9.17) is 27.9 Å². The highest BCUT2D eigenvalue weighted by Gasteiger charge is 2.14. The zero-order valence-electron chi connectivity index (χ0n) is 9.04. The van der Waals surface area contributed by atoms with Crippen LogP contribution in [0.2, 0.25) is 5.02 Å². The molecule has 0 fully saturated rings. The molecule has 2 atom stereocenters. The molecule has 2 unspecified atom stereocenters. The number of methoxy groups -OCH3 is 1. The van der Waals surface area contributed by atoms with Crippen molar-refractivity contribution in [3.8, 4) is 0 Å². The summed E-state index contributed by atoms with van der Waals surface area (Å²) in [6.07, 6.45) is 1.13. The van der Waals surface area contributed by atoms with E-state index in [0.717, 1.165) is 11.4 Å². The summed E-state index contributed by atoms with van der Waals surface area (Å²) in [7, 11) is 1.72. The second-order valence-electron chi connectivity index (χ2n) is 3.69. The highest BCUT2D eigenvalue weighted by atomic mass is 35.5. The van der Waals surface area contributed by atoms with Gasteiger partial charge in [-0.25, -0.2) is 0 Å². The summed E-state index contributed by atoms with van der Waals surface area (Å²) in [5.74, 6) is 0.897. The van der Waals surface area contributed by atoms with Crippen molar-refractivity contribution in [2.45, 2.75) is 25.4 Å². The summed E-state index contributed by atoms with van der Waals surface area (Å²) in [6, 6.07) is 7.85. The maximum atomic E-state index is 5.96. The third-order valence-corrected chi connectivity index (χ3v) is 3.13. The highest BCUT2D eigenvalue weighted by Crippen LogP contribution is 2.25. The maximum absolute atomic E-state index is 5.96. The fourth-order valence-electron chi connectivity index (χ4n) is 1.55. The highest BCUT2D eigenvalue weighted by molar-refractivity contribution is 6.30. The molecule has 15 heavy (non-hydrogen) atoms. The lowest BCUT2D eigenvalue weighted by atomic mass is 9.95. The summed E-state index contributed by atoms with van der Waals surface area (Å²) in [4.78, 5) is 0. The number of rotatable bonds is 5. The van der Waals surface area contributed by atoms with Crippen molar-refractivity contribution >= 4 is 23.2 Å². The number of halogens is 2. The smallest absolute Gasteiger partial charge is 0.0549 e. The van der Waals surface area contributed by atoms with E-state index < -0.39 is 0 Å². The Morgan fingerprint density at radius 3 is 2.67 bits per heavy atom. The van der Waals surface area contributed by atoms with Crippen LogP contribution in [0.5, 0.6) is 0 Å². The van der Waals surface area contributed by atoms with Crippen LogP contribution in [0.1, 0.15) is 24.8 Å². The lowest BCUT2D eigenvalue weighted by Crippen LogP contribution is -2.12. The van der Waals surface area contributed by atoms with Crippen molar-refractivity contribution in [1.82, 2.24) is 0 Å². The molecule has 0 aromatic heterocycles. The van der Waals surface area contributed by atoms with Gasteiger partial charge in [-0.15, -0.1) is 11.6 Å². The van der Waals surface area contributed by atoms with Crippen LogP contribution in [0.3, 0.4) is 0 Å². The molecular weight excluding hydrogens is 231 g/mol. The van der Waals surface area contributed by atoms with Crippen LogP contribution in [0.15, 0.2) is 24.3 Å². The Bertz CT molecular complexity index is 301. The van der Waals surface area contributed by atoms with Gasteiger partial charge in [-0.3, -0.25) is 0 Å². The third kappa shape index (κ3) is 4.02. The van der Waals surface area contributed by atoms with Crippen molar-refractivity contribution in [2.24, 2.45) is 0 Å². The van der Waals surface area contributed by atoms with E-state index in [1.165, 1.54) is 5.56 Å². The quantitative estimate of drug-likeness (QED) is 0.712. The number of alkyl halides is 1. The first kappa shape index (κ1) is 12.8. The molecule has 0 N–H and O–H groups in total.